The second-order valence-electron chi connectivity index (χ2n) is 7.35. The predicted molar refractivity (Wildman–Crippen MR) is 120 cm³/mol. The third kappa shape index (κ3) is 4.61. The molecule has 0 spiro atoms. The minimum absolute atomic E-state index is 0.671. The quantitative estimate of drug-likeness (QED) is 0.478. The Bertz CT molecular complexity index is 992. The molecule has 142 valence electrons. The van der Waals surface area contributed by atoms with Gasteiger partial charge in [0.15, 0.2) is 11.6 Å². The van der Waals surface area contributed by atoms with Crippen LogP contribution < -0.4 is 0 Å². The van der Waals surface area contributed by atoms with Gasteiger partial charge in [0.2, 0.25) is 0 Å². The van der Waals surface area contributed by atoms with E-state index >= 15 is 0 Å². The summed E-state index contributed by atoms with van der Waals surface area (Å²) in [5.41, 5.74) is 9.23. The normalized spacial score (nSPS) is 12.4. The molecule has 3 aromatic rings. The van der Waals surface area contributed by atoms with E-state index in [0.29, 0.717) is 11.6 Å². The number of aliphatic imine (C=N–C) groups is 2. The van der Waals surface area contributed by atoms with Crippen LogP contribution in [-0.2, 0) is 0 Å². The zero-order chi connectivity index (χ0) is 20.3. The number of aryl methyl sites for hydroxylation is 4. The SMILES string of the molecule is CC(=Nc1cccc(/N=C(\C)c2ccc(C)c(C)c2)n1)c1ccc(C)c(C)c1. The summed E-state index contributed by atoms with van der Waals surface area (Å²) < 4.78 is 0. The van der Waals surface area contributed by atoms with Crippen LogP contribution in [0.2, 0.25) is 0 Å². The first-order chi connectivity index (χ1) is 13.3. The zero-order valence-corrected chi connectivity index (χ0v) is 17.5. The van der Waals surface area contributed by atoms with Crippen LogP contribution in [0.1, 0.15) is 47.2 Å². The van der Waals surface area contributed by atoms with Crippen molar-refractivity contribution in [2.24, 2.45) is 9.98 Å². The molecule has 0 N–H and O–H groups in total. The van der Waals surface area contributed by atoms with Crippen LogP contribution >= 0.6 is 0 Å². The highest BCUT2D eigenvalue weighted by molar-refractivity contribution is 6.01. The maximum absolute atomic E-state index is 4.70. The van der Waals surface area contributed by atoms with Gasteiger partial charge in [-0.1, -0.05) is 30.3 Å². The molecule has 3 rings (SSSR count). The molecule has 0 bridgehead atoms. The average molecular weight is 370 g/mol. The van der Waals surface area contributed by atoms with Crippen LogP contribution in [0.3, 0.4) is 0 Å². The molecule has 0 fully saturated rings. The van der Waals surface area contributed by atoms with E-state index in [4.69, 9.17) is 9.98 Å². The molecule has 1 aromatic heterocycles. The lowest BCUT2D eigenvalue weighted by Crippen LogP contribution is -1.97. The van der Waals surface area contributed by atoms with E-state index in [9.17, 15) is 0 Å². The number of hydrogen-bond donors (Lipinski definition) is 0. The van der Waals surface area contributed by atoms with E-state index < -0.39 is 0 Å². The molecule has 3 heteroatoms. The summed E-state index contributed by atoms with van der Waals surface area (Å²) in [6.07, 6.45) is 0. The van der Waals surface area contributed by atoms with Crippen molar-refractivity contribution >= 4 is 23.1 Å². The fourth-order valence-electron chi connectivity index (χ4n) is 2.94. The van der Waals surface area contributed by atoms with Gasteiger partial charge in [0.05, 0.1) is 0 Å². The van der Waals surface area contributed by atoms with Gasteiger partial charge in [-0.2, -0.15) is 0 Å². The number of nitrogens with zero attached hydrogens (tertiary/aromatic N) is 3. The molecule has 28 heavy (non-hydrogen) atoms. The minimum Gasteiger partial charge on any atom is -0.233 e. The highest BCUT2D eigenvalue weighted by Crippen LogP contribution is 2.19. The Morgan fingerprint density at radius 2 is 1.04 bits per heavy atom. The van der Waals surface area contributed by atoms with Gasteiger partial charge in [0.1, 0.15) is 0 Å². The van der Waals surface area contributed by atoms with Gasteiger partial charge in [-0.05, 0) is 99.2 Å². The summed E-state index contributed by atoms with van der Waals surface area (Å²) in [6, 6.07) is 18.6. The van der Waals surface area contributed by atoms with E-state index in [0.717, 1.165) is 22.6 Å². The lowest BCUT2D eigenvalue weighted by atomic mass is 10.0. The smallest absolute Gasteiger partial charge is 0.154 e. The van der Waals surface area contributed by atoms with E-state index in [-0.39, 0.29) is 0 Å². The molecule has 0 aliphatic heterocycles. The molecule has 2 aromatic carbocycles. The van der Waals surface area contributed by atoms with E-state index in [1.807, 2.05) is 32.0 Å². The first-order valence-corrected chi connectivity index (χ1v) is 9.56. The standard InChI is InChI=1S/C25H27N3/c1-16-10-12-22(14-18(16)3)20(5)26-24-8-7-9-25(28-24)27-21(6)23-13-11-17(2)19(4)15-23/h7-15H,1-6H3/b26-20+,27-21?. The summed E-state index contributed by atoms with van der Waals surface area (Å²) in [7, 11) is 0. The Balaban J connectivity index is 1.89. The Morgan fingerprint density at radius 1 is 0.607 bits per heavy atom. The molecular formula is C25H27N3. The van der Waals surface area contributed by atoms with Crippen molar-refractivity contribution in [3.63, 3.8) is 0 Å². The number of aromatic nitrogens is 1. The molecule has 0 unspecified atom stereocenters. The van der Waals surface area contributed by atoms with Crippen LogP contribution in [0.5, 0.6) is 0 Å². The monoisotopic (exact) mass is 369 g/mol. The van der Waals surface area contributed by atoms with Gasteiger partial charge < -0.3 is 0 Å². The van der Waals surface area contributed by atoms with Gasteiger partial charge in [-0.25, -0.2) is 15.0 Å². The summed E-state index contributed by atoms with van der Waals surface area (Å²) in [5, 5.41) is 0. The number of benzene rings is 2. The van der Waals surface area contributed by atoms with Gasteiger partial charge in [-0.3, -0.25) is 0 Å². The number of hydrogen-bond acceptors (Lipinski definition) is 3. The van der Waals surface area contributed by atoms with Crippen molar-refractivity contribution in [1.29, 1.82) is 0 Å². The molecule has 0 aliphatic carbocycles. The Hall–Kier alpha value is -3.07. The van der Waals surface area contributed by atoms with Gasteiger partial charge in [0.25, 0.3) is 0 Å². The average Bonchev–Trinajstić information content (AvgIpc) is 2.66. The van der Waals surface area contributed by atoms with Crippen LogP contribution in [-0.4, -0.2) is 16.4 Å². The van der Waals surface area contributed by atoms with Crippen LogP contribution in [0.4, 0.5) is 11.6 Å². The largest absolute Gasteiger partial charge is 0.233 e. The van der Waals surface area contributed by atoms with Crippen molar-refractivity contribution in [1.82, 2.24) is 4.98 Å². The first-order valence-electron chi connectivity index (χ1n) is 9.56. The van der Waals surface area contributed by atoms with Gasteiger partial charge in [0, 0.05) is 11.4 Å². The van der Waals surface area contributed by atoms with Gasteiger partial charge >= 0.3 is 0 Å². The van der Waals surface area contributed by atoms with E-state index in [1.165, 1.54) is 22.3 Å². The molecule has 0 amide bonds. The summed E-state index contributed by atoms with van der Waals surface area (Å²) in [4.78, 5) is 14.0. The summed E-state index contributed by atoms with van der Waals surface area (Å²) in [6.45, 7) is 12.5. The summed E-state index contributed by atoms with van der Waals surface area (Å²) in [5.74, 6) is 1.34. The van der Waals surface area contributed by atoms with Crippen LogP contribution in [0, 0.1) is 27.7 Å². The molecule has 3 nitrogen and oxygen atoms in total. The van der Waals surface area contributed by atoms with Crippen LogP contribution in [0.15, 0.2) is 64.6 Å². The third-order valence-electron chi connectivity index (χ3n) is 5.13. The highest BCUT2D eigenvalue weighted by atomic mass is 15.0. The van der Waals surface area contributed by atoms with Crippen LogP contribution in [0.25, 0.3) is 0 Å². The Labute approximate surface area is 167 Å². The molecule has 1 heterocycles. The zero-order valence-electron chi connectivity index (χ0n) is 17.5. The first kappa shape index (κ1) is 19.7. The van der Waals surface area contributed by atoms with Crippen molar-refractivity contribution in [2.45, 2.75) is 41.5 Å². The molecule has 0 radical (unpaired) electrons. The molecular weight excluding hydrogens is 342 g/mol. The predicted octanol–water partition coefficient (Wildman–Crippen LogP) is 6.60. The topological polar surface area (TPSA) is 37.6 Å². The minimum atomic E-state index is 0.671. The number of pyridine rings is 1. The maximum atomic E-state index is 4.70. The second-order valence-corrected chi connectivity index (χ2v) is 7.35. The van der Waals surface area contributed by atoms with Crippen molar-refractivity contribution in [3.05, 3.63) is 88.0 Å². The maximum Gasteiger partial charge on any atom is 0.154 e. The fraction of sp³-hybridized carbons (Fsp3) is 0.240. The Morgan fingerprint density at radius 3 is 1.43 bits per heavy atom. The highest BCUT2D eigenvalue weighted by Gasteiger charge is 2.04. The van der Waals surface area contributed by atoms with Crippen molar-refractivity contribution in [3.8, 4) is 0 Å². The van der Waals surface area contributed by atoms with E-state index in [1.54, 1.807) is 0 Å². The fourth-order valence-corrected chi connectivity index (χ4v) is 2.94. The lowest BCUT2D eigenvalue weighted by molar-refractivity contribution is 1.23. The Kier molecular flexibility index (Phi) is 5.84. The number of rotatable bonds is 4. The molecule has 0 saturated carbocycles. The van der Waals surface area contributed by atoms with Crippen molar-refractivity contribution < 1.29 is 0 Å². The second kappa shape index (κ2) is 8.30. The summed E-state index contributed by atoms with van der Waals surface area (Å²) >= 11 is 0. The molecule has 0 atom stereocenters. The lowest BCUT2D eigenvalue weighted by Gasteiger charge is -2.06. The molecule has 0 aliphatic rings. The molecule has 0 saturated heterocycles. The van der Waals surface area contributed by atoms with E-state index in [2.05, 4.69) is 69.1 Å². The van der Waals surface area contributed by atoms with Gasteiger partial charge in [-0.15, -0.1) is 0 Å². The van der Waals surface area contributed by atoms with Crippen molar-refractivity contribution in [2.75, 3.05) is 0 Å². The third-order valence-corrected chi connectivity index (χ3v) is 5.13.